The van der Waals surface area contributed by atoms with Crippen LogP contribution in [0.15, 0.2) is 29.4 Å². The topological polar surface area (TPSA) is 80.6 Å². The van der Waals surface area contributed by atoms with Crippen molar-refractivity contribution < 1.29 is 0 Å². The van der Waals surface area contributed by atoms with Crippen LogP contribution in [0.25, 0.3) is 5.65 Å². The van der Waals surface area contributed by atoms with Gasteiger partial charge >= 0.3 is 0 Å². The Kier molecular flexibility index (Phi) is 5.83. The number of guanidine groups is 1. The number of nitrogens with two attached hydrogens (primary N) is 1. The average Bonchev–Trinajstić information content (AvgIpc) is 2.77. The lowest BCUT2D eigenvalue weighted by Crippen LogP contribution is -2.32. The third-order valence-electron chi connectivity index (χ3n) is 2.33. The molecule has 0 unspecified atom stereocenters. The van der Waals surface area contributed by atoms with E-state index >= 15 is 0 Å². The quantitative estimate of drug-likeness (QED) is 0.487. The van der Waals surface area contributed by atoms with Gasteiger partial charge in [-0.15, -0.1) is 34.2 Å². The number of aromatic nitrogens is 3. The van der Waals surface area contributed by atoms with Crippen LogP contribution in [0.1, 0.15) is 19.2 Å². The standard InChI is InChI=1S/C11H16N6.HI/c1-2-6-13-11(12)14-8-10-16-15-9-5-3-4-7-17(9)10;/h3-5,7H,2,6,8H2,1H3,(H3,12,13,14);1H. The lowest BCUT2D eigenvalue weighted by Gasteiger charge is -2.02. The molecular formula is C11H17IN6. The zero-order valence-corrected chi connectivity index (χ0v) is 12.5. The van der Waals surface area contributed by atoms with E-state index in [1.165, 1.54) is 0 Å². The van der Waals surface area contributed by atoms with Crippen LogP contribution in [0.5, 0.6) is 0 Å². The van der Waals surface area contributed by atoms with Crippen molar-refractivity contribution in [2.75, 3.05) is 6.54 Å². The van der Waals surface area contributed by atoms with Crippen molar-refractivity contribution in [1.82, 2.24) is 19.9 Å². The molecule has 18 heavy (non-hydrogen) atoms. The molecule has 0 aromatic carbocycles. The summed E-state index contributed by atoms with van der Waals surface area (Å²) in [5, 5.41) is 11.1. The van der Waals surface area contributed by atoms with Gasteiger partial charge in [0.1, 0.15) is 6.54 Å². The third kappa shape index (κ3) is 3.56. The van der Waals surface area contributed by atoms with Crippen LogP contribution in [-0.4, -0.2) is 27.1 Å². The van der Waals surface area contributed by atoms with E-state index in [2.05, 4.69) is 27.4 Å². The van der Waals surface area contributed by atoms with Crippen LogP contribution >= 0.6 is 24.0 Å². The minimum Gasteiger partial charge on any atom is -0.370 e. The molecule has 0 bridgehead atoms. The molecule has 0 amide bonds. The van der Waals surface area contributed by atoms with Crippen LogP contribution in [-0.2, 0) is 6.54 Å². The van der Waals surface area contributed by atoms with E-state index in [1.54, 1.807) is 0 Å². The first-order valence-corrected chi connectivity index (χ1v) is 5.63. The molecule has 0 aliphatic rings. The molecule has 2 aromatic rings. The molecule has 0 aliphatic carbocycles. The number of nitrogens with zero attached hydrogens (tertiary/aromatic N) is 4. The van der Waals surface area contributed by atoms with Crippen molar-refractivity contribution in [3.8, 4) is 0 Å². The predicted molar refractivity (Wildman–Crippen MR) is 82.0 cm³/mol. The van der Waals surface area contributed by atoms with E-state index in [0.717, 1.165) is 24.4 Å². The summed E-state index contributed by atoms with van der Waals surface area (Å²) >= 11 is 0. The molecule has 0 atom stereocenters. The van der Waals surface area contributed by atoms with Gasteiger partial charge < -0.3 is 11.1 Å². The second-order valence-electron chi connectivity index (χ2n) is 3.67. The van der Waals surface area contributed by atoms with Crippen molar-refractivity contribution >= 4 is 35.6 Å². The maximum atomic E-state index is 5.70. The molecular weight excluding hydrogens is 343 g/mol. The molecule has 0 saturated heterocycles. The van der Waals surface area contributed by atoms with Gasteiger partial charge in [-0.2, -0.15) is 0 Å². The molecule has 3 N–H and O–H groups in total. The highest BCUT2D eigenvalue weighted by atomic mass is 127. The summed E-state index contributed by atoms with van der Waals surface area (Å²) in [5.41, 5.74) is 6.52. The van der Waals surface area contributed by atoms with E-state index in [9.17, 15) is 0 Å². The first-order valence-electron chi connectivity index (χ1n) is 5.63. The number of halogens is 1. The monoisotopic (exact) mass is 360 g/mol. The Morgan fingerprint density at radius 3 is 3.06 bits per heavy atom. The number of hydrogen-bond donors (Lipinski definition) is 2. The molecule has 0 radical (unpaired) electrons. The van der Waals surface area contributed by atoms with Gasteiger partial charge in [0.15, 0.2) is 17.4 Å². The molecule has 0 saturated carbocycles. The average molecular weight is 360 g/mol. The number of hydrogen-bond acceptors (Lipinski definition) is 3. The molecule has 6 nitrogen and oxygen atoms in total. The highest BCUT2D eigenvalue weighted by molar-refractivity contribution is 14.0. The molecule has 98 valence electrons. The van der Waals surface area contributed by atoms with Crippen LogP contribution in [0, 0.1) is 0 Å². The first kappa shape index (κ1) is 14.7. The highest BCUT2D eigenvalue weighted by Crippen LogP contribution is 2.03. The summed E-state index contributed by atoms with van der Waals surface area (Å²) < 4.78 is 1.90. The molecule has 7 heteroatoms. The van der Waals surface area contributed by atoms with Crippen LogP contribution in [0.3, 0.4) is 0 Å². The van der Waals surface area contributed by atoms with Crippen LogP contribution in [0.4, 0.5) is 0 Å². The van der Waals surface area contributed by atoms with Gasteiger partial charge in [-0.3, -0.25) is 4.40 Å². The molecule has 0 aliphatic heterocycles. The fourth-order valence-electron chi connectivity index (χ4n) is 1.46. The summed E-state index contributed by atoms with van der Waals surface area (Å²) in [4.78, 5) is 4.21. The smallest absolute Gasteiger partial charge is 0.189 e. The minimum atomic E-state index is 0. The number of nitrogens with one attached hydrogen (secondary N) is 1. The van der Waals surface area contributed by atoms with E-state index < -0.39 is 0 Å². The molecule has 0 fully saturated rings. The first-order chi connectivity index (χ1) is 8.31. The number of aliphatic imine (C=N–C) groups is 1. The predicted octanol–water partition coefficient (Wildman–Crippen LogP) is 1.16. The van der Waals surface area contributed by atoms with E-state index in [0.29, 0.717) is 12.5 Å². The maximum Gasteiger partial charge on any atom is 0.189 e. The second kappa shape index (κ2) is 7.14. The Balaban J connectivity index is 0.00000162. The van der Waals surface area contributed by atoms with Crippen LogP contribution < -0.4 is 11.1 Å². The van der Waals surface area contributed by atoms with Crippen molar-refractivity contribution in [1.29, 1.82) is 0 Å². The van der Waals surface area contributed by atoms with Gasteiger partial charge in [0.25, 0.3) is 0 Å². The molecule has 2 aromatic heterocycles. The summed E-state index contributed by atoms with van der Waals surface area (Å²) in [6.45, 7) is 3.33. The Bertz CT molecular complexity index is 521. The van der Waals surface area contributed by atoms with Gasteiger partial charge in [-0.05, 0) is 18.6 Å². The number of pyridine rings is 1. The largest absolute Gasteiger partial charge is 0.370 e. The van der Waals surface area contributed by atoms with E-state index in [-0.39, 0.29) is 24.0 Å². The lowest BCUT2D eigenvalue weighted by molar-refractivity contribution is 0.814. The van der Waals surface area contributed by atoms with Crippen molar-refractivity contribution in [3.63, 3.8) is 0 Å². The lowest BCUT2D eigenvalue weighted by atomic mass is 10.4. The summed E-state index contributed by atoms with van der Waals surface area (Å²) in [6, 6.07) is 5.76. The van der Waals surface area contributed by atoms with E-state index in [4.69, 9.17) is 5.73 Å². The van der Waals surface area contributed by atoms with Gasteiger partial charge in [-0.1, -0.05) is 13.0 Å². The third-order valence-corrected chi connectivity index (χ3v) is 2.33. The summed E-state index contributed by atoms with van der Waals surface area (Å²) in [7, 11) is 0. The van der Waals surface area contributed by atoms with E-state index in [1.807, 2.05) is 28.8 Å². The Morgan fingerprint density at radius 2 is 2.28 bits per heavy atom. The summed E-state index contributed by atoms with van der Waals surface area (Å²) in [5.74, 6) is 1.22. The highest BCUT2D eigenvalue weighted by Gasteiger charge is 2.02. The zero-order valence-electron chi connectivity index (χ0n) is 10.2. The second-order valence-corrected chi connectivity index (χ2v) is 3.67. The normalized spacial score (nSPS) is 11.3. The molecule has 2 rings (SSSR count). The Hall–Kier alpha value is -1.38. The fourth-order valence-corrected chi connectivity index (χ4v) is 1.46. The van der Waals surface area contributed by atoms with Gasteiger partial charge in [-0.25, -0.2) is 4.99 Å². The molecule has 2 heterocycles. The van der Waals surface area contributed by atoms with Gasteiger partial charge in [0.05, 0.1) is 0 Å². The van der Waals surface area contributed by atoms with Crippen molar-refractivity contribution in [2.45, 2.75) is 19.9 Å². The van der Waals surface area contributed by atoms with Crippen LogP contribution in [0.2, 0.25) is 0 Å². The number of rotatable bonds is 4. The summed E-state index contributed by atoms with van der Waals surface area (Å²) in [6.07, 6.45) is 2.93. The number of fused-ring (bicyclic) bond motifs is 1. The van der Waals surface area contributed by atoms with Crippen molar-refractivity contribution in [2.24, 2.45) is 10.7 Å². The minimum absolute atomic E-state index is 0. The maximum absolute atomic E-state index is 5.70. The SMILES string of the molecule is CCCNC(N)=NCc1nnc2ccccn12.I. The van der Waals surface area contributed by atoms with Gasteiger partial charge in [0, 0.05) is 12.7 Å². The van der Waals surface area contributed by atoms with Crippen molar-refractivity contribution in [3.05, 3.63) is 30.2 Å². The Morgan fingerprint density at radius 1 is 1.44 bits per heavy atom. The Labute approximate surface area is 123 Å². The molecule has 0 spiro atoms. The van der Waals surface area contributed by atoms with Gasteiger partial charge in [0.2, 0.25) is 0 Å². The zero-order chi connectivity index (χ0) is 12.1. The fraction of sp³-hybridized carbons (Fsp3) is 0.364.